The van der Waals surface area contributed by atoms with Gasteiger partial charge in [-0.1, -0.05) is 12.1 Å². The summed E-state index contributed by atoms with van der Waals surface area (Å²) in [7, 11) is 3.97. The molecule has 0 saturated carbocycles. The summed E-state index contributed by atoms with van der Waals surface area (Å²) < 4.78 is 0. The number of carbonyl (C=O) groups excluding carboxylic acids is 1. The number of amidine groups is 1. The minimum atomic E-state index is 0.0488. The number of anilines is 1. The molecule has 6 nitrogen and oxygen atoms in total. The minimum absolute atomic E-state index is 0.0488. The van der Waals surface area contributed by atoms with Gasteiger partial charge in [0, 0.05) is 38.1 Å². The van der Waals surface area contributed by atoms with Crippen molar-refractivity contribution < 1.29 is 4.79 Å². The van der Waals surface area contributed by atoms with Crippen molar-refractivity contribution >= 4 is 34.6 Å². The van der Waals surface area contributed by atoms with E-state index in [2.05, 4.69) is 15.4 Å². The lowest BCUT2D eigenvalue weighted by molar-refractivity contribution is 0.101. The van der Waals surface area contributed by atoms with Crippen LogP contribution < -0.4 is 5.32 Å². The number of hydrogen-bond acceptors (Lipinski definition) is 7. The quantitative estimate of drug-likeness (QED) is 0.860. The number of benzene rings is 1. The smallest absolute Gasteiger partial charge is 0.191 e. The molecule has 2 atom stereocenters. The molecule has 2 unspecified atom stereocenters. The molecule has 0 saturated heterocycles. The van der Waals surface area contributed by atoms with Crippen molar-refractivity contribution in [2.24, 2.45) is 10.1 Å². The van der Waals surface area contributed by atoms with E-state index in [0.717, 1.165) is 10.9 Å². The Bertz CT molecular complexity index is 643. The van der Waals surface area contributed by atoms with Crippen LogP contribution in [0.25, 0.3) is 0 Å². The number of thioether (sulfide) groups is 1. The average molecular weight is 317 g/mol. The Morgan fingerprint density at radius 1 is 1.45 bits per heavy atom. The second-order valence-corrected chi connectivity index (χ2v) is 6.51. The first-order valence-electron chi connectivity index (χ1n) is 7.13. The number of hydrazone groups is 1. The van der Waals surface area contributed by atoms with Gasteiger partial charge in [0.25, 0.3) is 0 Å². The van der Waals surface area contributed by atoms with Crippen LogP contribution in [0.3, 0.4) is 0 Å². The summed E-state index contributed by atoms with van der Waals surface area (Å²) in [5, 5.41) is 11.0. The van der Waals surface area contributed by atoms with E-state index in [1.54, 1.807) is 18.7 Å². The predicted molar refractivity (Wildman–Crippen MR) is 91.6 cm³/mol. The topological polar surface area (TPSA) is 60.3 Å². The van der Waals surface area contributed by atoms with Crippen LogP contribution in [-0.4, -0.2) is 59.3 Å². The fourth-order valence-electron chi connectivity index (χ4n) is 2.31. The molecule has 0 aliphatic carbocycles. The van der Waals surface area contributed by atoms with Crippen molar-refractivity contribution in [3.63, 3.8) is 0 Å². The Labute approximate surface area is 134 Å². The minimum Gasteiger partial charge on any atom is -0.383 e. The van der Waals surface area contributed by atoms with Gasteiger partial charge in [-0.05, 0) is 30.8 Å². The molecule has 0 radical (unpaired) electrons. The van der Waals surface area contributed by atoms with Gasteiger partial charge < -0.3 is 10.2 Å². The third-order valence-electron chi connectivity index (χ3n) is 3.53. The highest BCUT2D eigenvalue weighted by atomic mass is 32.2. The summed E-state index contributed by atoms with van der Waals surface area (Å²) in [5.74, 6) is 0.0716. The van der Waals surface area contributed by atoms with Gasteiger partial charge >= 0.3 is 0 Å². The van der Waals surface area contributed by atoms with Gasteiger partial charge in [-0.2, -0.15) is 0 Å². The van der Waals surface area contributed by atoms with Gasteiger partial charge in [-0.25, -0.2) is 0 Å². The molecule has 22 heavy (non-hydrogen) atoms. The van der Waals surface area contributed by atoms with Crippen molar-refractivity contribution in [1.82, 2.24) is 9.91 Å². The number of nitrogens with one attached hydrogen (secondary N) is 1. The van der Waals surface area contributed by atoms with E-state index >= 15 is 0 Å². The molecule has 0 aromatic heterocycles. The van der Waals surface area contributed by atoms with Crippen LogP contribution in [0.2, 0.25) is 0 Å². The molecule has 2 aliphatic heterocycles. The summed E-state index contributed by atoms with van der Waals surface area (Å²) in [4.78, 5) is 17.9. The van der Waals surface area contributed by atoms with Gasteiger partial charge in [0.1, 0.15) is 6.04 Å². The van der Waals surface area contributed by atoms with Crippen molar-refractivity contribution in [3.8, 4) is 0 Å². The van der Waals surface area contributed by atoms with Crippen LogP contribution >= 0.6 is 11.8 Å². The third kappa shape index (κ3) is 2.94. The zero-order chi connectivity index (χ0) is 15.7. The maximum absolute atomic E-state index is 11.4. The number of aliphatic imine (C=N–C) groups is 1. The van der Waals surface area contributed by atoms with Crippen LogP contribution in [0.5, 0.6) is 0 Å². The number of ketones is 1. The maximum atomic E-state index is 11.4. The number of hydrogen-bond donors (Lipinski definition) is 1. The molecule has 3 rings (SSSR count). The Kier molecular flexibility index (Phi) is 4.06. The Morgan fingerprint density at radius 3 is 3.00 bits per heavy atom. The lowest BCUT2D eigenvalue weighted by atomic mass is 10.1. The summed E-state index contributed by atoms with van der Waals surface area (Å²) in [6.45, 7) is 2.28. The van der Waals surface area contributed by atoms with Crippen LogP contribution in [0.1, 0.15) is 17.3 Å². The van der Waals surface area contributed by atoms with Crippen LogP contribution in [0.15, 0.2) is 34.4 Å². The molecule has 7 heteroatoms. The van der Waals surface area contributed by atoms with E-state index in [0.29, 0.717) is 12.1 Å². The third-order valence-corrected chi connectivity index (χ3v) is 4.74. The van der Waals surface area contributed by atoms with Gasteiger partial charge in [-0.3, -0.25) is 14.8 Å². The van der Waals surface area contributed by atoms with Crippen molar-refractivity contribution in [2.75, 3.05) is 26.0 Å². The number of nitrogens with zero attached hydrogens (tertiary/aromatic N) is 4. The lowest BCUT2D eigenvalue weighted by Gasteiger charge is -2.20. The molecular formula is C15H19N5OS. The standard InChI is InChI=1S/C15H19N5OS/c1-10(21)11-5-4-6-12(7-11)16-8-13-9-17-14-20(13)18-15(22-14)19(2)3/h4-7,9,13-14,16H,8H2,1-3H3. The molecule has 1 aromatic carbocycles. The van der Waals surface area contributed by atoms with E-state index in [-0.39, 0.29) is 17.3 Å². The lowest BCUT2D eigenvalue weighted by Crippen LogP contribution is -2.35. The summed E-state index contributed by atoms with van der Waals surface area (Å²) >= 11 is 1.65. The monoisotopic (exact) mass is 317 g/mol. The van der Waals surface area contributed by atoms with Crippen molar-refractivity contribution in [3.05, 3.63) is 29.8 Å². The van der Waals surface area contributed by atoms with E-state index in [9.17, 15) is 4.79 Å². The zero-order valence-corrected chi connectivity index (χ0v) is 13.7. The number of rotatable bonds is 4. The predicted octanol–water partition coefficient (Wildman–Crippen LogP) is 1.92. The van der Waals surface area contributed by atoms with Crippen LogP contribution in [-0.2, 0) is 0 Å². The number of fused-ring (bicyclic) bond motifs is 1. The zero-order valence-electron chi connectivity index (χ0n) is 12.9. The fraction of sp³-hybridized carbons (Fsp3) is 0.400. The highest BCUT2D eigenvalue weighted by Gasteiger charge is 2.36. The molecule has 116 valence electrons. The largest absolute Gasteiger partial charge is 0.383 e. The molecule has 0 spiro atoms. The van der Waals surface area contributed by atoms with Crippen LogP contribution in [0, 0.1) is 0 Å². The molecule has 2 aliphatic rings. The molecule has 1 N–H and O–H groups in total. The number of carbonyl (C=O) groups is 1. The SMILES string of the molecule is CC(=O)c1cccc(NCC2C=NC3SC(N(C)C)=NN23)c1. The molecule has 2 heterocycles. The van der Waals surface area contributed by atoms with E-state index in [1.807, 2.05) is 54.5 Å². The molecule has 0 bridgehead atoms. The summed E-state index contributed by atoms with van der Waals surface area (Å²) in [5.41, 5.74) is 1.70. The maximum Gasteiger partial charge on any atom is 0.191 e. The van der Waals surface area contributed by atoms with Gasteiger partial charge in [0.2, 0.25) is 0 Å². The van der Waals surface area contributed by atoms with E-state index < -0.39 is 0 Å². The Balaban J connectivity index is 1.64. The summed E-state index contributed by atoms with van der Waals surface area (Å²) in [6.07, 6.45) is 1.94. The van der Waals surface area contributed by atoms with E-state index in [4.69, 9.17) is 0 Å². The molecule has 0 fully saturated rings. The van der Waals surface area contributed by atoms with Crippen molar-refractivity contribution in [1.29, 1.82) is 0 Å². The second-order valence-electron chi connectivity index (χ2n) is 5.48. The normalized spacial score (nSPS) is 22.5. The van der Waals surface area contributed by atoms with Gasteiger partial charge in [0.15, 0.2) is 16.4 Å². The number of Topliss-reactive ketones (excluding diaryl/α,β-unsaturated/α-hetero) is 1. The Morgan fingerprint density at radius 2 is 2.27 bits per heavy atom. The highest BCUT2D eigenvalue weighted by molar-refractivity contribution is 8.14. The molecule has 1 aromatic rings. The molecule has 0 amide bonds. The van der Waals surface area contributed by atoms with Crippen LogP contribution in [0.4, 0.5) is 5.69 Å². The van der Waals surface area contributed by atoms with Crippen molar-refractivity contribution in [2.45, 2.75) is 18.5 Å². The first-order chi connectivity index (χ1) is 10.5. The first kappa shape index (κ1) is 14.9. The highest BCUT2D eigenvalue weighted by Crippen LogP contribution is 2.32. The summed E-state index contributed by atoms with van der Waals surface area (Å²) in [6, 6.07) is 7.67. The average Bonchev–Trinajstić information content (AvgIpc) is 3.06. The second kappa shape index (κ2) is 6.00. The van der Waals surface area contributed by atoms with Gasteiger partial charge in [0.05, 0.1) is 0 Å². The molecular weight excluding hydrogens is 298 g/mol. The Hall–Kier alpha value is -2.02. The first-order valence-corrected chi connectivity index (χ1v) is 8.01. The van der Waals surface area contributed by atoms with E-state index in [1.165, 1.54) is 0 Å². The van der Waals surface area contributed by atoms with Gasteiger partial charge in [-0.15, -0.1) is 5.10 Å². The fourth-order valence-corrected chi connectivity index (χ4v) is 3.29.